The maximum Gasteiger partial charge on any atom is 0.0602 e. The largest absolute Gasteiger partial charge is 0.393 e. The molecule has 0 bridgehead atoms. The Kier molecular flexibility index (Phi) is 3.89. The second kappa shape index (κ2) is 5.46. The Morgan fingerprint density at radius 3 is 2.43 bits per heavy atom. The summed E-state index contributed by atoms with van der Waals surface area (Å²) in [6, 6.07) is 0. The summed E-state index contributed by atoms with van der Waals surface area (Å²) in [5, 5.41) is 21.3. The summed E-state index contributed by atoms with van der Waals surface area (Å²) in [4.78, 5) is 0. The summed E-state index contributed by atoms with van der Waals surface area (Å²) in [5.41, 5.74) is 0.544. The lowest BCUT2D eigenvalue weighted by atomic mass is 9.44. The molecule has 9 atom stereocenters. The van der Waals surface area contributed by atoms with Crippen molar-refractivity contribution in [1.82, 2.24) is 0 Å². The van der Waals surface area contributed by atoms with Gasteiger partial charge in [-0.1, -0.05) is 27.2 Å². The minimum Gasteiger partial charge on any atom is -0.393 e. The van der Waals surface area contributed by atoms with E-state index in [1.54, 1.807) is 0 Å². The molecule has 0 heterocycles. The predicted molar refractivity (Wildman–Crippen MR) is 92.9 cm³/mol. The molecule has 132 valence electrons. The number of aliphatic hydroxyl groups is 2. The fourth-order valence-electron chi connectivity index (χ4n) is 7.98. The summed E-state index contributed by atoms with van der Waals surface area (Å²) in [6.45, 7) is 7.23. The van der Waals surface area contributed by atoms with Crippen molar-refractivity contribution >= 4 is 0 Å². The van der Waals surface area contributed by atoms with Crippen LogP contribution in [0.5, 0.6) is 0 Å². The summed E-state index contributed by atoms with van der Waals surface area (Å²) < 4.78 is 0. The Morgan fingerprint density at radius 2 is 1.70 bits per heavy atom. The maximum atomic E-state index is 11.2. The molecule has 4 fully saturated rings. The third-order valence-electron chi connectivity index (χ3n) is 9.43. The summed E-state index contributed by atoms with van der Waals surface area (Å²) >= 11 is 0. The average molecular weight is 321 g/mol. The number of rotatable bonds is 1. The van der Waals surface area contributed by atoms with Gasteiger partial charge in [-0.25, -0.2) is 0 Å². The molecular weight excluding hydrogens is 284 g/mol. The highest BCUT2D eigenvalue weighted by Gasteiger charge is 2.62. The molecule has 0 aromatic heterocycles. The van der Waals surface area contributed by atoms with E-state index in [0.29, 0.717) is 17.3 Å². The molecule has 0 radical (unpaired) electrons. The quantitative estimate of drug-likeness (QED) is 0.752. The molecule has 2 heteroatoms. The van der Waals surface area contributed by atoms with Crippen LogP contribution in [0.2, 0.25) is 0 Å². The second-order valence-corrected chi connectivity index (χ2v) is 9.89. The van der Waals surface area contributed by atoms with Gasteiger partial charge in [-0.2, -0.15) is 0 Å². The molecule has 0 saturated heterocycles. The number of aliphatic hydroxyl groups excluding tert-OH is 2. The van der Waals surface area contributed by atoms with Gasteiger partial charge in [-0.15, -0.1) is 0 Å². The Balaban J connectivity index is 1.65. The van der Waals surface area contributed by atoms with Crippen LogP contribution in [0.3, 0.4) is 0 Å². The minimum atomic E-state index is -0.108. The first-order chi connectivity index (χ1) is 10.9. The lowest BCUT2D eigenvalue weighted by Crippen LogP contribution is -2.58. The molecular formula is C21H36O2. The highest BCUT2D eigenvalue weighted by atomic mass is 16.3. The van der Waals surface area contributed by atoms with E-state index in [1.165, 1.54) is 38.5 Å². The SMILES string of the molecule is CC[C@H]1CC[C@H]2[C@@H]3CCC4CC(O)CC[C@]4(C)[C@H]3CC(O)[C@]12C. The van der Waals surface area contributed by atoms with Gasteiger partial charge in [0.05, 0.1) is 12.2 Å². The monoisotopic (exact) mass is 320 g/mol. The van der Waals surface area contributed by atoms with Crippen molar-refractivity contribution in [3.63, 3.8) is 0 Å². The van der Waals surface area contributed by atoms with Crippen LogP contribution in [-0.4, -0.2) is 22.4 Å². The van der Waals surface area contributed by atoms with Gasteiger partial charge in [0, 0.05) is 0 Å². The predicted octanol–water partition coefficient (Wildman–Crippen LogP) is 4.39. The Hall–Kier alpha value is -0.0800. The molecule has 4 aliphatic rings. The fraction of sp³-hybridized carbons (Fsp3) is 1.00. The van der Waals surface area contributed by atoms with E-state index in [9.17, 15) is 10.2 Å². The average Bonchev–Trinajstić information content (AvgIpc) is 2.87. The van der Waals surface area contributed by atoms with Crippen LogP contribution in [-0.2, 0) is 0 Å². The van der Waals surface area contributed by atoms with Crippen LogP contribution >= 0.6 is 0 Å². The fourth-order valence-corrected chi connectivity index (χ4v) is 7.98. The van der Waals surface area contributed by atoms with Crippen molar-refractivity contribution in [2.24, 2.45) is 40.4 Å². The molecule has 3 unspecified atom stereocenters. The molecule has 2 N–H and O–H groups in total. The lowest BCUT2D eigenvalue weighted by Gasteiger charge is -2.62. The van der Waals surface area contributed by atoms with Crippen LogP contribution in [0, 0.1) is 40.4 Å². The molecule has 4 aliphatic carbocycles. The number of fused-ring (bicyclic) bond motifs is 5. The molecule has 4 saturated carbocycles. The Bertz CT molecular complexity index is 463. The minimum absolute atomic E-state index is 0.0700. The number of hydrogen-bond donors (Lipinski definition) is 2. The van der Waals surface area contributed by atoms with Crippen molar-refractivity contribution in [3.8, 4) is 0 Å². The van der Waals surface area contributed by atoms with Gasteiger partial charge in [-0.3, -0.25) is 0 Å². The maximum absolute atomic E-state index is 11.2. The van der Waals surface area contributed by atoms with E-state index in [4.69, 9.17) is 0 Å². The van der Waals surface area contributed by atoms with Crippen LogP contribution in [0.25, 0.3) is 0 Å². The smallest absolute Gasteiger partial charge is 0.0602 e. The van der Waals surface area contributed by atoms with E-state index in [0.717, 1.165) is 37.0 Å². The molecule has 2 nitrogen and oxygen atoms in total. The third kappa shape index (κ3) is 2.13. The third-order valence-corrected chi connectivity index (χ3v) is 9.43. The van der Waals surface area contributed by atoms with Gasteiger partial charge in [0.2, 0.25) is 0 Å². The van der Waals surface area contributed by atoms with Gasteiger partial charge in [0.15, 0.2) is 0 Å². The normalized spacial score (nSPS) is 59.1. The molecule has 0 amide bonds. The van der Waals surface area contributed by atoms with Gasteiger partial charge in [0.25, 0.3) is 0 Å². The first-order valence-corrected chi connectivity index (χ1v) is 10.3. The van der Waals surface area contributed by atoms with Crippen molar-refractivity contribution < 1.29 is 10.2 Å². The Labute approximate surface area is 142 Å². The highest BCUT2D eigenvalue weighted by Crippen LogP contribution is 2.67. The highest BCUT2D eigenvalue weighted by molar-refractivity contribution is 5.11. The first kappa shape index (κ1) is 16.4. The van der Waals surface area contributed by atoms with Gasteiger partial charge in [0.1, 0.15) is 0 Å². The zero-order chi connectivity index (χ0) is 16.4. The van der Waals surface area contributed by atoms with Crippen LogP contribution in [0.15, 0.2) is 0 Å². The van der Waals surface area contributed by atoms with E-state index in [2.05, 4.69) is 20.8 Å². The van der Waals surface area contributed by atoms with E-state index >= 15 is 0 Å². The van der Waals surface area contributed by atoms with Crippen molar-refractivity contribution in [2.45, 2.75) is 90.8 Å². The zero-order valence-corrected chi connectivity index (χ0v) is 15.3. The number of hydrogen-bond acceptors (Lipinski definition) is 2. The molecule has 23 heavy (non-hydrogen) atoms. The molecule has 0 aromatic carbocycles. The van der Waals surface area contributed by atoms with Crippen LogP contribution in [0.4, 0.5) is 0 Å². The van der Waals surface area contributed by atoms with Gasteiger partial charge >= 0.3 is 0 Å². The summed E-state index contributed by atoms with van der Waals surface area (Å²) in [7, 11) is 0. The molecule has 0 spiro atoms. The Morgan fingerprint density at radius 1 is 0.913 bits per heavy atom. The van der Waals surface area contributed by atoms with E-state index in [-0.39, 0.29) is 17.6 Å². The van der Waals surface area contributed by atoms with Crippen molar-refractivity contribution in [2.75, 3.05) is 0 Å². The summed E-state index contributed by atoms with van der Waals surface area (Å²) in [6.07, 6.45) is 10.6. The first-order valence-electron chi connectivity index (χ1n) is 10.3. The van der Waals surface area contributed by atoms with Gasteiger partial charge < -0.3 is 10.2 Å². The van der Waals surface area contributed by atoms with E-state index in [1.807, 2.05) is 0 Å². The lowest BCUT2D eigenvalue weighted by molar-refractivity contribution is -0.171. The van der Waals surface area contributed by atoms with Crippen molar-refractivity contribution in [3.05, 3.63) is 0 Å². The molecule has 0 aliphatic heterocycles. The van der Waals surface area contributed by atoms with E-state index < -0.39 is 0 Å². The van der Waals surface area contributed by atoms with Crippen LogP contribution < -0.4 is 0 Å². The zero-order valence-electron chi connectivity index (χ0n) is 15.3. The topological polar surface area (TPSA) is 40.5 Å². The summed E-state index contributed by atoms with van der Waals surface area (Å²) in [5.74, 6) is 3.68. The molecule has 0 aromatic rings. The van der Waals surface area contributed by atoms with Crippen molar-refractivity contribution in [1.29, 1.82) is 0 Å². The molecule has 4 rings (SSSR count). The van der Waals surface area contributed by atoms with Crippen LogP contribution in [0.1, 0.15) is 78.6 Å². The second-order valence-electron chi connectivity index (χ2n) is 9.89. The van der Waals surface area contributed by atoms with Gasteiger partial charge in [-0.05, 0) is 91.8 Å². The standard InChI is InChI=1S/C21H36O2/c1-4-13-6-8-17-16-7-5-14-11-15(22)9-10-20(14,2)18(16)12-19(23)21(13,17)3/h13-19,22-23H,4-12H2,1-3H3/t13-,14?,15?,16-,17-,18-,19?,20-,21+/m0/s1.